The SMILES string of the molecule is Cl[B-](Cl)(Cl)Cl.F[P-](F)(F)(F)(F)F. The molecule has 0 unspecified atom stereocenters. The molecule has 0 aromatic carbocycles. The number of hydrogen-bond acceptors (Lipinski definition) is 0. The van der Waals surface area contributed by atoms with Crippen molar-refractivity contribution in [3.63, 3.8) is 0 Å². The van der Waals surface area contributed by atoms with E-state index in [1.54, 1.807) is 0 Å². The van der Waals surface area contributed by atoms with Crippen LogP contribution in [0.5, 0.6) is 0 Å². The number of rotatable bonds is 0. The van der Waals surface area contributed by atoms with Crippen LogP contribution >= 0.6 is 53.6 Å². The predicted molar refractivity (Wildman–Crippen MR) is 42.7 cm³/mol. The molecule has 0 radical (unpaired) electrons. The van der Waals surface area contributed by atoms with Crippen molar-refractivity contribution < 1.29 is 25.2 Å². The van der Waals surface area contributed by atoms with Gasteiger partial charge in [-0.15, -0.1) is 0 Å². The van der Waals surface area contributed by atoms with Crippen LogP contribution in [0.25, 0.3) is 0 Å². The molecule has 0 aliphatic heterocycles. The second-order valence-electron chi connectivity index (χ2n) is 1.45. The third kappa shape index (κ3) is 772. The van der Waals surface area contributed by atoms with Crippen LogP contribution in [-0.2, 0) is 0 Å². The zero-order valence-electron chi connectivity index (χ0n) is 4.80. The molecule has 12 heteroatoms. The first-order chi connectivity index (χ1) is 4.45. The van der Waals surface area contributed by atoms with Crippen LogP contribution in [-0.4, -0.2) is 3.81 Å². The molecule has 0 aliphatic carbocycles. The first kappa shape index (κ1) is 15.7. The van der Waals surface area contributed by atoms with E-state index in [2.05, 4.69) is 0 Å². The van der Waals surface area contributed by atoms with E-state index in [0.717, 1.165) is 0 Å². The van der Waals surface area contributed by atoms with Crippen molar-refractivity contribution >= 4 is 57.5 Å². The van der Waals surface area contributed by atoms with Crippen molar-refractivity contribution in [1.29, 1.82) is 0 Å². The monoisotopic (exact) mass is 296 g/mol. The Morgan fingerprint density at radius 1 is 0.667 bits per heavy atom. The van der Waals surface area contributed by atoms with Gasteiger partial charge in [0.05, 0.1) is 0 Å². The Bertz CT molecular complexity index is 130. The molecule has 0 fully saturated rings. The Morgan fingerprint density at radius 2 is 0.667 bits per heavy atom. The summed E-state index contributed by atoms with van der Waals surface area (Å²) in [5.74, 6) is 0. The van der Waals surface area contributed by atoms with E-state index in [9.17, 15) is 25.2 Å². The molecule has 0 heterocycles. The third-order valence-electron chi connectivity index (χ3n) is 0. The van der Waals surface area contributed by atoms with Gasteiger partial charge in [0.25, 0.3) is 0 Å². The molecule has 0 amide bonds. The molecule has 0 atom stereocenters. The summed E-state index contributed by atoms with van der Waals surface area (Å²) in [6.07, 6.45) is 0. The second kappa shape index (κ2) is 3.12. The van der Waals surface area contributed by atoms with Crippen molar-refractivity contribution in [3.05, 3.63) is 0 Å². The van der Waals surface area contributed by atoms with Gasteiger partial charge in [-0.2, -0.15) is 0 Å². The van der Waals surface area contributed by atoms with Gasteiger partial charge in [-0.3, -0.25) is 0 Å². The van der Waals surface area contributed by atoms with Crippen LogP contribution in [0, 0.1) is 0 Å². The van der Waals surface area contributed by atoms with E-state index < -0.39 is 11.6 Å². The number of hydrogen-bond donors (Lipinski definition) is 0. The standard InChI is InChI=1S/BCl4.F6P/c2-1(3,4)5;1-7(2,3,4,5)6/q2*-1. The Balaban J connectivity index is 0. The molecule has 0 aromatic rings. The molecule has 0 aliphatic rings. The van der Waals surface area contributed by atoms with Gasteiger partial charge in [-0.1, -0.05) is 0 Å². The Kier molecular flexibility index (Phi) is 4.09. The van der Waals surface area contributed by atoms with Crippen LogP contribution in [0.2, 0.25) is 0 Å². The maximum absolute atomic E-state index is 10.7. The molecule has 0 bridgehead atoms. The molecular formula is BCl4F6P-2. The van der Waals surface area contributed by atoms with Crippen LogP contribution < -0.4 is 0 Å². The zero-order chi connectivity index (χ0) is 10.9. The van der Waals surface area contributed by atoms with Gasteiger partial charge in [-0.25, -0.2) is 0 Å². The van der Waals surface area contributed by atoms with E-state index in [4.69, 9.17) is 45.8 Å². The summed E-state index contributed by atoms with van der Waals surface area (Å²) >= 11 is 19.6. The van der Waals surface area contributed by atoms with Crippen LogP contribution in [0.1, 0.15) is 0 Å². The summed E-state index contributed by atoms with van der Waals surface area (Å²) < 4.78 is 57.1. The Labute approximate surface area is 82.9 Å². The first-order valence-corrected chi connectivity index (χ1v) is 5.66. The van der Waals surface area contributed by atoms with Crippen LogP contribution in [0.4, 0.5) is 25.2 Å². The summed E-state index contributed by atoms with van der Waals surface area (Å²) in [5.41, 5.74) is 0. The predicted octanol–water partition coefficient (Wildman–Crippen LogP) is 5.76. The zero-order valence-corrected chi connectivity index (χ0v) is 8.72. The fraction of sp³-hybridized carbons (Fsp3) is 0. The van der Waals surface area contributed by atoms with Gasteiger partial charge < -0.3 is 45.8 Å². The Morgan fingerprint density at radius 3 is 0.667 bits per heavy atom. The summed E-state index contributed by atoms with van der Waals surface area (Å²) in [4.78, 5) is 0. The van der Waals surface area contributed by atoms with Gasteiger partial charge in [-0.05, 0) is 0 Å². The van der Waals surface area contributed by atoms with Crippen molar-refractivity contribution in [2.45, 2.75) is 0 Å². The van der Waals surface area contributed by atoms with Gasteiger partial charge >= 0.3 is 36.8 Å². The molecule has 0 N–H and O–H groups in total. The first-order valence-electron chi connectivity index (χ1n) is 1.89. The van der Waals surface area contributed by atoms with E-state index in [0.29, 0.717) is 0 Å². The fourth-order valence-corrected chi connectivity index (χ4v) is 0. The average Bonchev–Trinajstić information content (AvgIpc) is 1.04. The minimum atomic E-state index is -10.7. The van der Waals surface area contributed by atoms with Gasteiger partial charge in [0, 0.05) is 0 Å². The third-order valence-corrected chi connectivity index (χ3v) is 0. The quantitative estimate of drug-likeness (QED) is 0.303. The molecular weight excluding hydrogens is 298 g/mol. The van der Waals surface area contributed by atoms with Crippen LogP contribution in [0.3, 0.4) is 0 Å². The average molecular weight is 298 g/mol. The molecule has 0 nitrogen and oxygen atoms in total. The molecule has 0 rings (SSSR count). The normalized spacial score (nSPS) is 18.5. The summed E-state index contributed by atoms with van der Waals surface area (Å²) in [6, 6.07) is 0. The van der Waals surface area contributed by atoms with Crippen LogP contribution in [0.15, 0.2) is 0 Å². The molecule has 80 valence electrons. The minimum absolute atomic E-state index is 2.11. The number of halogens is 10. The van der Waals surface area contributed by atoms with Crippen molar-refractivity contribution in [1.82, 2.24) is 0 Å². The van der Waals surface area contributed by atoms with E-state index >= 15 is 0 Å². The Hall–Kier alpha value is 1.23. The van der Waals surface area contributed by atoms with Gasteiger partial charge in [0.1, 0.15) is 0 Å². The molecule has 0 aromatic heterocycles. The fourth-order valence-electron chi connectivity index (χ4n) is 0. The topological polar surface area (TPSA) is 0 Å². The van der Waals surface area contributed by atoms with Crippen molar-refractivity contribution in [2.75, 3.05) is 0 Å². The van der Waals surface area contributed by atoms with E-state index in [1.807, 2.05) is 0 Å². The molecule has 12 heavy (non-hydrogen) atoms. The van der Waals surface area contributed by atoms with E-state index in [-0.39, 0.29) is 0 Å². The van der Waals surface area contributed by atoms with Crippen molar-refractivity contribution in [2.24, 2.45) is 0 Å². The molecule has 0 spiro atoms. The maximum atomic E-state index is 9.87. The van der Waals surface area contributed by atoms with Gasteiger partial charge in [0.2, 0.25) is 0 Å². The van der Waals surface area contributed by atoms with E-state index in [1.165, 1.54) is 0 Å². The summed E-state index contributed by atoms with van der Waals surface area (Å²) in [5, 5.41) is 0. The molecule has 0 saturated heterocycles. The van der Waals surface area contributed by atoms with Gasteiger partial charge in [0.15, 0.2) is 0 Å². The summed E-state index contributed by atoms with van der Waals surface area (Å²) in [6.45, 7) is 0. The van der Waals surface area contributed by atoms with Crippen molar-refractivity contribution in [3.8, 4) is 0 Å². The second-order valence-corrected chi connectivity index (χ2v) is 7.33. The summed E-state index contributed by atoms with van der Waals surface area (Å²) in [7, 11) is -10.7. The molecule has 0 saturated carbocycles.